The van der Waals surface area contributed by atoms with Crippen molar-refractivity contribution in [3.8, 4) is 11.4 Å². The molecule has 2 aromatic rings. The highest BCUT2D eigenvalue weighted by Crippen LogP contribution is 2.26. The van der Waals surface area contributed by atoms with E-state index in [0.29, 0.717) is 17.0 Å². The molecule has 1 saturated carbocycles. The standard InChI is InChI=1S/C12H11ClN4/c13-10-6-11(15-9-3-4-9)17-12(16-10)8-2-1-5-14-7-8/h1-2,5-7,9H,3-4H2,(H,15,16,17). The van der Waals surface area contributed by atoms with Gasteiger partial charge in [0.25, 0.3) is 0 Å². The molecule has 5 heteroatoms. The van der Waals surface area contributed by atoms with Gasteiger partial charge in [0.2, 0.25) is 0 Å². The fourth-order valence-corrected chi connectivity index (χ4v) is 1.74. The molecule has 0 unspecified atom stereocenters. The summed E-state index contributed by atoms with van der Waals surface area (Å²) < 4.78 is 0. The van der Waals surface area contributed by atoms with E-state index in [9.17, 15) is 0 Å². The van der Waals surface area contributed by atoms with Crippen LogP contribution < -0.4 is 5.32 Å². The van der Waals surface area contributed by atoms with Gasteiger partial charge in [-0.05, 0) is 25.0 Å². The molecule has 0 aliphatic heterocycles. The van der Waals surface area contributed by atoms with Crippen molar-refractivity contribution in [2.75, 3.05) is 5.32 Å². The van der Waals surface area contributed by atoms with Gasteiger partial charge in [-0.3, -0.25) is 4.98 Å². The number of nitrogens with one attached hydrogen (secondary N) is 1. The summed E-state index contributed by atoms with van der Waals surface area (Å²) in [6.07, 6.45) is 5.84. The van der Waals surface area contributed by atoms with Crippen LogP contribution in [0.2, 0.25) is 5.15 Å². The van der Waals surface area contributed by atoms with Crippen LogP contribution in [0.5, 0.6) is 0 Å². The molecule has 1 aliphatic rings. The Balaban J connectivity index is 1.95. The first-order valence-corrected chi connectivity index (χ1v) is 5.90. The van der Waals surface area contributed by atoms with Crippen LogP contribution in [-0.4, -0.2) is 21.0 Å². The fraction of sp³-hybridized carbons (Fsp3) is 0.250. The van der Waals surface area contributed by atoms with Gasteiger partial charge in [0.05, 0.1) is 0 Å². The van der Waals surface area contributed by atoms with Crippen LogP contribution in [0.4, 0.5) is 5.82 Å². The lowest BCUT2D eigenvalue weighted by Gasteiger charge is -2.06. The Morgan fingerprint density at radius 3 is 2.88 bits per heavy atom. The molecule has 1 N–H and O–H groups in total. The van der Waals surface area contributed by atoms with E-state index >= 15 is 0 Å². The van der Waals surface area contributed by atoms with Gasteiger partial charge < -0.3 is 5.32 Å². The van der Waals surface area contributed by atoms with E-state index in [0.717, 1.165) is 11.4 Å². The molecule has 2 heterocycles. The third-order valence-corrected chi connectivity index (χ3v) is 2.74. The smallest absolute Gasteiger partial charge is 0.164 e. The van der Waals surface area contributed by atoms with Gasteiger partial charge in [0.15, 0.2) is 5.82 Å². The van der Waals surface area contributed by atoms with Crippen molar-refractivity contribution in [3.05, 3.63) is 35.7 Å². The SMILES string of the molecule is Clc1cc(NC2CC2)nc(-c2cccnc2)n1. The minimum absolute atomic E-state index is 0.446. The van der Waals surface area contributed by atoms with Crippen LogP contribution >= 0.6 is 11.6 Å². The van der Waals surface area contributed by atoms with Crippen LogP contribution in [0.1, 0.15) is 12.8 Å². The van der Waals surface area contributed by atoms with Crippen LogP contribution in [0.15, 0.2) is 30.6 Å². The first-order valence-electron chi connectivity index (χ1n) is 5.53. The molecule has 4 nitrogen and oxygen atoms in total. The van der Waals surface area contributed by atoms with Gasteiger partial charge in [-0.1, -0.05) is 11.6 Å². The summed E-state index contributed by atoms with van der Waals surface area (Å²) >= 11 is 5.99. The maximum Gasteiger partial charge on any atom is 0.164 e. The Morgan fingerprint density at radius 2 is 2.18 bits per heavy atom. The lowest BCUT2D eigenvalue weighted by atomic mass is 10.3. The normalized spacial score (nSPS) is 14.6. The molecule has 0 amide bonds. The predicted molar refractivity (Wildman–Crippen MR) is 66.9 cm³/mol. The molecule has 1 aliphatic carbocycles. The van der Waals surface area contributed by atoms with E-state index in [1.54, 1.807) is 18.5 Å². The second-order valence-electron chi connectivity index (χ2n) is 4.06. The van der Waals surface area contributed by atoms with Crippen molar-refractivity contribution >= 4 is 17.4 Å². The lowest BCUT2D eigenvalue weighted by Crippen LogP contribution is -2.04. The van der Waals surface area contributed by atoms with Gasteiger partial charge in [-0.25, -0.2) is 9.97 Å². The number of hydrogen-bond acceptors (Lipinski definition) is 4. The molecule has 86 valence electrons. The monoisotopic (exact) mass is 246 g/mol. The zero-order valence-electron chi connectivity index (χ0n) is 9.10. The van der Waals surface area contributed by atoms with E-state index in [1.807, 2.05) is 12.1 Å². The maximum atomic E-state index is 5.99. The van der Waals surface area contributed by atoms with Crippen LogP contribution in [-0.2, 0) is 0 Å². The van der Waals surface area contributed by atoms with E-state index in [2.05, 4.69) is 20.3 Å². The highest BCUT2D eigenvalue weighted by Gasteiger charge is 2.21. The highest BCUT2D eigenvalue weighted by atomic mass is 35.5. The average molecular weight is 247 g/mol. The Morgan fingerprint density at radius 1 is 1.29 bits per heavy atom. The third kappa shape index (κ3) is 2.53. The van der Waals surface area contributed by atoms with Gasteiger partial charge >= 0.3 is 0 Å². The number of hydrogen-bond donors (Lipinski definition) is 1. The quantitative estimate of drug-likeness (QED) is 0.846. The number of aromatic nitrogens is 3. The zero-order valence-corrected chi connectivity index (χ0v) is 9.85. The minimum atomic E-state index is 0.446. The molecule has 0 aromatic carbocycles. The summed E-state index contributed by atoms with van der Waals surface area (Å²) in [5, 5.41) is 3.76. The number of halogens is 1. The topological polar surface area (TPSA) is 50.7 Å². The summed E-state index contributed by atoms with van der Waals surface area (Å²) in [6.45, 7) is 0. The van der Waals surface area contributed by atoms with Crippen molar-refractivity contribution < 1.29 is 0 Å². The van der Waals surface area contributed by atoms with Crippen molar-refractivity contribution in [2.45, 2.75) is 18.9 Å². The second kappa shape index (κ2) is 4.30. The van der Waals surface area contributed by atoms with E-state index in [4.69, 9.17) is 11.6 Å². The Kier molecular flexibility index (Phi) is 2.65. The lowest BCUT2D eigenvalue weighted by molar-refractivity contribution is 1.08. The van der Waals surface area contributed by atoms with Crippen LogP contribution in [0.25, 0.3) is 11.4 Å². The first-order chi connectivity index (χ1) is 8.31. The van der Waals surface area contributed by atoms with Gasteiger partial charge in [0, 0.05) is 30.1 Å². The molecule has 1 fully saturated rings. The van der Waals surface area contributed by atoms with Crippen molar-refractivity contribution in [2.24, 2.45) is 0 Å². The second-order valence-corrected chi connectivity index (χ2v) is 4.45. The average Bonchev–Trinajstić information content (AvgIpc) is 3.13. The molecule has 0 spiro atoms. The largest absolute Gasteiger partial charge is 0.367 e. The Hall–Kier alpha value is -1.68. The molecular formula is C12H11ClN4. The molecule has 0 atom stereocenters. The predicted octanol–water partition coefficient (Wildman–Crippen LogP) is 2.77. The van der Waals surface area contributed by atoms with E-state index in [1.165, 1.54) is 12.8 Å². The summed E-state index contributed by atoms with van der Waals surface area (Å²) in [7, 11) is 0. The molecule has 2 aromatic heterocycles. The van der Waals surface area contributed by atoms with E-state index < -0.39 is 0 Å². The number of rotatable bonds is 3. The zero-order chi connectivity index (χ0) is 11.7. The van der Waals surface area contributed by atoms with Gasteiger partial charge in [-0.2, -0.15) is 0 Å². The molecule has 17 heavy (non-hydrogen) atoms. The molecule has 3 rings (SSSR count). The molecule has 0 saturated heterocycles. The van der Waals surface area contributed by atoms with Gasteiger partial charge in [-0.15, -0.1) is 0 Å². The summed E-state index contributed by atoms with van der Waals surface area (Å²) in [5.41, 5.74) is 0.869. The molecular weight excluding hydrogens is 236 g/mol. The first kappa shape index (κ1) is 10.5. The maximum absolute atomic E-state index is 5.99. The van der Waals surface area contributed by atoms with Crippen molar-refractivity contribution in [1.29, 1.82) is 0 Å². The summed E-state index contributed by atoms with van der Waals surface area (Å²) in [4.78, 5) is 12.7. The summed E-state index contributed by atoms with van der Waals surface area (Å²) in [6, 6.07) is 6.06. The van der Waals surface area contributed by atoms with Gasteiger partial charge in [0.1, 0.15) is 11.0 Å². The van der Waals surface area contributed by atoms with Crippen LogP contribution in [0, 0.1) is 0 Å². The number of pyridine rings is 1. The highest BCUT2D eigenvalue weighted by molar-refractivity contribution is 6.29. The van der Waals surface area contributed by atoms with Crippen LogP contribution in [0.3, 0.4) is 0 Å². The van der Waals surface area contributed by atoms with Crippen molar-refractivity contribution in [3.63, 3.8) is 0 Å². The molecule has 0 bridgehead atoms. The minimum Gasteiger partial charge on any atom is -0.367 e. The summed E-state index contributed by atoms with van der Waals surface area (Å²) in [5.74, 6) is 1.39. The number of nitrogens with zero attached hydrogens (tertiary/aromatic N) is 3. The molecule has 0 radical (unpaired) electrons. The third-order valence-electron chi connectivity index (χ3n) is 2.54. The van der Waals surface area contributed by atoms with E-state index in [-0.39, 0.29) is 0 Å². The Bertz CT molecular complexity index is 525. The van der Waals surface area contributed by atoms with Crippen molar-refractivity contribution in [1.82, 2.24) is 15.0 Å². The number of anilines is 1. The Labute approximate surface area is 104 Å². The fourth-order valence-electron chi connectivity index (χ4n) is 1.55.